The summed E-state index contributed by atoms with van der Waals surface area (Å²) in [5, 5.41) is 44.6. The van der Waals surface area contributed by atoms with Crippen LogP contribution in [0.2, 0.25) is 0 Å². The maximum absolute atomic E-state index is 13.9. The number of phenols is 1. The molecule has 0 unspecified atom stereocenters. The summed E-state index contributed by atoms with van der Waals surface area (Å²) in [5.41, 5.74) is 3.00. The second-order valence-corrected chi connectivity index (χ2v) is 11.4. The number of aromatic hydroxyl groups is 1. The first-order chi connectivity index (χ1) is 18.9. The maximum atomic E-state index is 13.9. The van der Waals surface area contributed by atoms with Gasteiger partial charge in [-0.1, -0.05) is 6.07 Å². The van der Waals surface area contributed by atoms with Gasteiger partial charge in [-0.05, 0) is 69.3 Å². The number of phenolic OH excluding ortho intramolecular Hbond substituents is 1. The molecule has 11 nitrogen and oxygen atoms in total. The number of carbonyl (C=O) groups is 4. The van der Waals surface area contributed by atoms with E-state index in [0.717, 1.165) is 5.56 Å². The zero-order valence-electron chi connectivity index (χ0n) is 22.5. The Morgan fingerprint density at radius 1 is 1.12 bits per heavy atom. The molecule has 11 heteroatoms. The molecule has 0 spiro atoms. The average Bonchev–Trinajstić information content (AvgIpc) is 2.90. The van der Waals surface area contributed by atoms with Crippen molar-refractivity contribution in [1.82, 2.24) is 4.90 Å². The minimum Gasteiger partial charge on any atom is -0.508 e. The topological polar surface area (TPSA) is 188 Å². The summed E-state index contributed by atoms with van der Waals surface area (Å²) in [5.74, 6) is -6.78. The van der Waals surface area contributed by atoms with Gasteiger partial charge in [0.05, 0.1) is 11.6 Å². The molecular formula is C29H34N2O9. The molecule has 1 aromatic carbocycles. The summed E-state index contributed by atoms with van der Waals surface area (Å²) in [7, 11) is 3.11. The van der Waals surface area contributed by atoms with Gasteiger partial charge < -0.3 is 30.9 Å². The Morgan fingerprint density at radius 3 is 2.42 bits per heavy atom. The number of nitrogens with two attached hydrogens (primary N) is 1. The molecule has 0 radical (unpaired) electrons. The Morgan fingerprint density at radius 2 is 1.80 bits per heavy atom. The van der Waals surface area contributed by atoms with E-state index in [1.54, 1.807) is 20.2 Å². The van der Waals surface area contributed by atoms with Crippen LogP contribution < -0.4 is 5.73 Å². The zero-order valence-corrected chi connectivity index (χ0v) is 22.5. The highest BCUT2D eigenvalue weighted by Gasteiger charge is 2.64. The minimum absolute atomic E-state index is 0.0157. The third-order valence-corrected chi connectivity index (χ3v) is 9.02. The van der Waals surface area contributed by atoms with E-state index in [-0.39, 0.29) is 47.8 Å². The second kappa shape index (κ2) is 10.1. The molecular weight excluding hydrogens is 520 g/mol. The van der Waals surface area contributed by atoms with Crippen LogP contribution in [0.3, 0.4) is 0 Å². The van der Waals surface area contributed by atoms with Crippen molar-refractivity contribution < 1.29 is 44.3 Å². The molecule has 214 valence electrons. The van der Waals surface area contributed by atoms with Gasteiger partial charge in [0.15, 0.2) is 11.4 Å². The lowest BCUT2D eigenvalue weighted by atomic mass is 9.57. The molecule has 1 saturated heterocycles. The predicted molar refractivity (Wildman–Crippen MR) is 141 cm³/mol. The first-order valence-electron chi connectivity index (χ1n) is 13.5. The molecule has 40 heavy (non-hydrogen) atoms. The number of Topliss-reactive ketones (excluding diaryl/α,β-unsaturated/α-hetero) is 3. The Kier molecular flexibility index (Phi) is 7.10. The molecule has 1 heterocycles. The minimum atomic E-state index is -2.67. The van der Waals surface area contributed by atoms with E-state index in [2.05, 4.69) is 0 Å². The first-order valence-corrected chi connectivity index (χ1v) is 13.5. The van der Waals surface area contributed by atoms with Crippen molar-refractivity contribution in [1.29, 1.82) is 0 Å². The van der Waals surface area contributed by atoms with Crippen LogP contribution in [0, 0.1) is 17.8 Å². The zero-order chi connectivity index (χ0) is 29.1. The number of aliphatic hydroxyl groups is 3. The summed E-state index contributed by atoms with van der Waals surface area (Å²) in [6, 6.07) is 1.95. The number of rotatable bonds is 6. The third-order valence-electron chi connectivity index (χ3n) is 9.02. The molecule has 0 bridgehead atoms. The number of primary amides is 1. The molecule has 0 aromatic heterocycles. The van der Waals surface area contributed by atoms with Crippen LogP contribution in [0.4, 0.5) is 0 Å². The smallest absolute Gasteiger partial charge is 0.255 e. The molecule has 2 fully saturated rings. The van der Waals surface area contributed by atoms with Gasteiger partial charge in [-0.15, -0.1) is 0 Å². The fourth-order valence-corrected chi connectivity index (χ4v) is 7.02. The number of fused-ring (bicyclic) bond motifs is 3. The number of benzene rings is 1. The number of aliphatic hydroxyl groups excluding tert-OH is 2. The van der Waals surface area contributed by atoms with E-state index >= 15 is 0 Å². The summed E-state index contributed by atoms with van der Waals surface area (Å²) < 4.78 is 5.35. The summed E-state index contributed by atoms with van der Waals surface area (Å²) in [6.45, 7) is 1.11. The van der Waals surface area contributed by atoms with E-state index in [1.807, 2.05) is 0 Å². The quantitative estimate of drug-likeness (QED) is 0.316. The Hall–Kier alpha value is -3.54. The molecule has 1 saturated carbocycles. The monoisotopic (exact) mass is 554 g/mol. The van der Waals surface area contributed by atoms with Crippen molar-refractivity contribution in [3.8, 4) is 5.75 Å². The summed E-state index contributed by atoms with van der Waals surface area (Å²) >= 11 is 0. The largest absolute Gasteiger partial charge is 0.508 e. The van der Waals surface area contributed by atoms with Gasteiger partial charge in [-0.2, -0.15) is 0 Å². The highest BCUT2D eigenvalue weighted by molar-refractivity contribution is 6.24. The number of nitrogens with zero attached hydrogens (tertiary/aromatic N) is 1. The normalized spacial score (nSPS) is 28.9. The molecule has 3 aliphatic carbocycles. The highest BCUT2D eigenvalue weighted by Crippen LogP contribution is 2.53. The maximum Gasteiger partial charge on any atom is 0.255 e. The number of carbonyl (C=O) groups excluding carboxylic acids is 4. The number of ketones is 3. The number of amides is 1. The van der Waals surface area contributed by atoms with Crippen molar-refractivity contribution in [2.24, 2.45) is 23.5 Å². The van der Waals surface area contributed by atoms with Crippen LogP contribution in [0.1, 0.15) is 42.4 Å². The Bertz CT molecular complexity index is 1370. The van der Waals surface area contributed by atoms with Gasteiger partial charge in [0.1, 0.15) is 28.6 Å². The standard InChI is InChI=1S/C29H34N2O9/c1-31(2)23-17-12-15-11-16-13(3-5-18(32)14-7-9-40-10-8-14)4-6-19(33)21(16)24(34)20(15)26(36)29(17,39)27(37)22(25(23)35)28(30)38/h4,6,14-15,17,23,33-34,37,39H,3,5,7-12H2,1-2H3,(H2,30,38)/t15-,17-,23-,29-/m1/s1. The highest BCUT2D eigenvalue weighted by atomic mass is 16.5. The molecule has 4 aliphatic rings. The average molecular weight is 555 g/mol. The lowest BCUT2D eigenvalue weighted by Crippen LogP contribution is -2.65. The third kappa shape index (κ3) is 4.15. The van der Waals surface area contributed by atoms with Gasteiger partial charge in [0.25, 0.3) is 5.91 Å². The molecule has 4 atom stereocenters. The summed E-state index contributed by atoms with van der Waals surface area (Å²) in [6.07, 6.45) is 2.22. The molecule has 1 aliphatic heterocycles. The van der Waals surface area contributed by atoms with Gasteiger partial charge >= 0.3 is 0 Å². The van der Waals surface area contributed by atoms with Gasteiger partial charge in [0, 0.05) is 37.0 Å². The van der Waals surface area contributed by atoms with E-state index < -0.39 is 58.0 Å². The fourth-order valence-electron chi connectivity index (χ4n) is 7.02. The predicted octanol–water partition coefficient (Wildman–Crippen LogP) is 0.892. The number of hydrogen-bond acceptors (Lipinski definition) is 10. The number of likely N-dealkylation sites (N-methyl/N-ethyl adjacent to an activating group) is 1. The molecule has 1 aromatic rings. The number of hydrogen-bond donors (Lipinski definition) is 5. The number of ether oxygens (including phenoxy) is 1. The van der Waals surface area contributed by atoms with Crippen LogP contribution in [0.5, 0.6) is 5.75 Å². The van der Waals surface area contributed by atoms with Crippen molar-refractivity contribution in [3.05, 3.63) is 45.7 Å². The van der Waals surface area contributed by atoms with Crippen LogP contribution >= 0.6 is 0 Å². The lowest BCUT2D eigenvalue weighted by Gasteiger charge is -2.50. The van der Waals surface area contributed by atoms with Crippen molar-refractivity contribution >= 4 is 29.0 Å². The fraction of sp³-hybridized carbons (Fsp3) is 0.517. The van der Waals surface area contributed by atoms with Crippen molar-refractivity contribution in [2.45, 2.75) is 50.2 Å². The van der Waals surface area contributed by atoms with Crippen LogP contribution in [0.15, 0.2) is 29.0 Å². The van der Waals surface area contributed by atoms with E-state index in [0.29, 0.717) is 38.0 Å². The Labute approximate surface area is 230 Å². The SMILES string of the molecule is CN(C)[C@H]1C(=O)C(C(N)=O)=C(O)[C@]2(O)C(=O)C3=C(O)c4c(O)ccc(CCC(=O)C5CCOCC5)c4C[C@@H]3C[C@H]12. The molecule has 5 rings (SSSR count). The van der Waals surface area contributed by atoms with Crippen molar-refractivity contribution in [3.63, 3.8) is 0 Å². The van der Waals surface area contributed by atoms with Gasteiger partial charge in [-0.25, -0.2) is 0 Å². The van der Waals surface area contributed by atoms with E-state index in [1.165, 1.54) is 11.0 Å². The van der Waals surface area contributed by atoms with Gasteiger partial charge in [0.2, 0.25) is 5.78 Å². The number of aryl methyl sites for hydroxylation is 1. The summed E-state index contributed by atoms with van der Waals surface area (Å²) in [4.78, 5) is 53.5. The van der Waals surface area contributed by atoms with Crippen molar-refractivity contribution in [2.75, 3.05) is 27.3 Å². The van der Waals surface area contributed by atoms with Gasteiger partial charge in [-0.3, -0.25) is 24.1 Å². The Balaban J connectivity index is 1.56. The second-order valence-electron chi connectivity index (χ2n) is 11.4. The molecule has 1 amide bonds. The van der Waals surface area contributed by atoms with E-state index in [9.17, 15) is 39.6 Å². The van der Waals surface area contributed by atoms with E-state index in [4.69, 9.17) is 10.5 Å². The first kappa shape index (κ1) is 28.0. The van der Waals surface area contributed by atoms with Crippen LogP contribution in [0.25, 0.3) is 5.76 Å². The molecule has 6 N–H and O–H groups in total. The lowest BCUT2D eigenvalue weighted by molar-refractivity contribution is -0.153. The van der Waals surface area contributed by atoms with Crippen LogP contribution in [-0.4, -0.2) is 87.5 Å². The van der Waals surface area contributed by atoms with Crippen LogP contribution in [-0.2, 0) is 36.8 Å².